The highest BCUT2D eigenvalue weighted by molar-refractivity contribution is 9.09. The normalized spacial score (nSPS) is 17.8. The number of carbonyl (C=O) groups is 3. The second-order valence-corrected chi connectivity index (χ2v) is 6.12. The lowest BCUT2D eigenvalue weighted by Gasteiger charge is -2.33. The third-order valence-electron chi connectivity index (χ3n) is 3.95. The zero-order valence-corrected chi connectivity index (χ0v) is 13.6. The number of hydrogen-bond donors (Lipinski definition) is 1. The third-order valence-corrected chi connectivity index (χ3v) is 4.51. The van der Waals surface area contributed by atoms with Crippen LogP contribution in [0.2, 0.25) is 0 Å². The summed E-state index contributed by atoms with van der Waals surface area (Å²) in [6.45, 7) is 0.620. The number of hydrazine groups is 1. The summed E-state index contributed by atoms with van der Waals surface area (Å²) in [7, 11) is 0. The van der Waals surface area contributed by atoms with E-state index in [0.717, 1.165) is 29.3 Å². The van der Waals surface area contributed by atoms with Crippen LogP contribution in [0.3, 0.4) is 0 Å². The first-order chi connectivity index (χ1) is 10.6. The summed E-state index contributed by atoms with van der Waals surface area (Å²) in [5.41, 5.74) is 2.77. The van der Waals surface area contributed by atoms with E-state index in [4.69, 9.17) is 0 Å². The van der Waals surface area contributed by atoms with Gasteiger partial charge in [0.2, 0.25) is 5.91 Å². The van der Waals surface area contributed by atoms with Gasteiger partial charge in [-0.15, -0.1) is 0 Å². The SMILES string of the molecule is O=C1CCN(N2Cc3c(CCCBr)cccc3C2=O)C(=O)N1. The van der Waals surface area contributed by atoms with Crippen LogP contribution in [0.1, 0.15) is 34.3 Å². The van der Waals surface area contributed by atoms with Crippen LogP contribution in [0.15, 0.2) is 18.2 Å². The fraction of sp³-hybridized carbons (Fsp3) is 0.400. The molecule has 2 aliphatic heterocycles. The topological polar surface area (TPSA) is 69.7 Å². The van der Waals surface area contributed by atoms with Gasteiger partial charge >= 0.3 is 6.03 Å². The number of imide groups is 1. The summed E-state index contributed by atoms with van der Waals surface area (Å²) in [6, 6.07) is 5.17. The summed E-state index contributed by atoms with van der Waals surface area (Å²) < 4.78 is 0. The van der Waals surface area contributed by atoms with Gasteiger partial charge in [0, 0.05) is 17.3 Å². The van der Waals surface area contributed by atoms with Gasteiger partial charge in [0.15, 0.2) is 0 Å². The number of hydrogen-bond acceptors (Lipinski definition) is 3. The van der Waals surface area contributed by atoms with E-state index >= 15 is 0 Å². The zero-order chi connectivity index (χ0) is 15.7. The highest BCUT2D eigenvalue weighted by Crippen LogP contribution is 2.28. The highest BCUT2D eigenvalue weighted by Gasteiger charge is 2.37. The molecule has 0 bridgehead atoms. The molecule has 0 spiro atoms. The summed E-state index contributed by atoms with van der Waals surface area (Å²) in [5.74, 6) is -0.483. The molecule has 0 aliphatic carbocycles. The molecule has 4 amide bonds. The molecule has 6 nitrogen and oxygen atoms in total. The average Bonchev–Trinajstić information content (AvgIpc) is 2.83. The first-order valence-corrected chi connectivity index (χ1v) is 8.34. The molecule has 1 aromatic rings. The van der Waals surface area contributed by atoms with E-state index in [1.807, 2.05) is 12.1 Å². The predicted octanol–water partition coefficient (Wildman–Crippen LogP) is 1.83. The van der Waals surface area contributed by atoms with Crippen molar-refractivity contribution in [1.82, 2.24) is 15.3 Å². The van der Waals surface area contributed by atoms with Crippen LogP contribution in [0.5, 0.6) is 0 Å². The molecule has 7 heteroatoms. The van der Waals surface area contributed by atoms with Gasteiger partial charge in [0.05, 0.1) is 13.1 Å². The Bertz CT molecular complexity index is 647. The second kappa shape index (κ2) is 6.08. The number of aryl methyl sites for hydroxylation is 1. The Kier molecular flexibility index (Phi) is 4.15. The first kappa shape index (κ1) is 15.0. The molecule has 1 N–H and O–H groups in total. The lowest BCUT2D eigenvalue weighted by Crippen LogP contribution is -2.56. The highest BCUT2D eigenvalue weighted by atomic mass is 79.9. The van der Waals surface area contributed by atoms with Gasteiger partial charge in [-0.1, -0.05) is 28.1 Å². The van der Waals surface area contributed by atoms with E-state index < -0.39 is 6.03 Å². The number of fused-ring (bicyclic) bond motifs is 1. The first-order valence-electron chi connectivity index (χ1n) is 7.21. The Hall–Kier alpha value is -1.89. The van der Waals surface area contributed by atoms with Crippen molar-refractivity contribution in [2.24, 2.45) is 0 Å². The Morgan fingerprint density at radius 2 is 2.00 bits per heavy atom. The van der Waals surface area contributed by atoms with Gasteiger partial charge in [0.1, 0.15) is 0 Å². The number of amides is 4. The minimum atomic E-state index is -0.528. The van der Waals surface area contributed by atoms with E-state index in [0.29, 0.717) is 12.1 Å². The molecule has 0 aromatic heterocycles. The molecule has 1 aromatic carbocycles. The number of rotatable bonds is 4. The van der Waals surface area contributed by atoms with Gasteiger partial charge in [-0.05, 0) is 30.0 Å². The molecular formula is C15H16BrN3O3. The van der Waals surface area contributed by atoms with Crippen LogP contribution in [-0.4, -0.2) is 39.7 Å². The van der Waals surface area contributed by atoms with E-state index in [1.54, 1.807) is 6.07 Å². The van der Waals surface area contributed by atoms with E-state index in [-0.39, 0.29) is 24.8 Å². The summed E-state index contributed by atoms with van der Waals surface area (Å²) in [5, 5.41) is 5.92. The zero-order valence-electron chi connectivity index (χ0n) is 12.0. The van der Waals surface area contributed by atoms with Crippen molar-refractivity contribution in [2.75, 3.05) is 11.9 Å². The molecular weight excluding hydrogens is 350 g/mol. The fourth-order valence-corrected chi connectivity index (χ4v) is 3.13. The summed E-state index contributed by atoms with van der Waals surface area (Å²) >= 11 is 3.42. The number of halogens is 1. The molecule has 116 valence electrons. The van der Waals surface area contributed by atoms with Crippen LogP contribution in [0, 0.1) is 0 Å². The van der Waals surface area contributed by atoms with E-state index in [2.05, 4.69) is 21.2 Å². The Morgan fingerprint density at radius 3 is 2.73 bits per heavy atom. The molecule has 1 fully saturated rings. The largest absolute Gasteiger partial charge is 0.342 e. The fourth-order valence-electron chi connectivity index (χ4n) is 2.85. The quantitative estimate of drug-likeness (QED) is 0.827. The maximum absolute atomic E-state index is 12.6. The molecule has 2 aliphatic rings. The molecule has 0 unspecified atom stereocenters. The molecule has 1 saturated heterocycles. The number of carbonyl (C=O) groups excluding carboxylic acids is 3. The average molecular weight is 366 g/mol. The monoisotopic (exact) mass is 365 g/mol. The van der Waals surface area contributed by atoms with Gasteiger partial charge in [-0.3, -0.25) is 14.9 Å². The minimum Gasteiger partial charge on any atom is -0.276 e. The van der Waals surface area contributed by atoms with E-state index in [1.165, 1.54) is 10.0 Å². The minimum absolute atomic E-state index is 0.180. The summed E-state index contributed by atoms with van der Waals surface area (Å²) in [6.07, 6.45) is 2.09. The molecule has 0 saturated carbocycles. The van der Waals surface area contributed by atoms with Crippen molar-refractivity contribution in [1.29, 1.82) is 0 Å². The molecule has 0 radical (unpaired) electrons. The predicted molar refractivity (Wildman–Crippen MR) is 83.3 cm³/mol. The van der Waals surface area contributed by atoms with Gasteiger partial charge in [0.25, 0.3) is 5.91 Å². The van der Waals surface area contributed by atoms with Crippen LogP contribution >= 0.6 is 15.9 Å². The van der Waals surface area contributed by atoms with Gasteiger partial charge in [-0.2, -0.15) is 0 Å². The number of nitrogens with zero attached hydrogens (tertiary/aromatic N) is 2. The van der Waals surface area contributed by atoms with Gasteiger partial charge in [-0.25, -0.2) is 14.8 Å². The smallest absolute Gasteiger partial charge is 0.276 e. The number of alkyl halides is 1. The van der Waals surface area contributed by atoms with Crippen LogP contribution in [0.4, 0.5) is 4.79 Å². The van der Waals surface area contributed by atoms with Crippen molar-refractivity contribution >= 4 is 33.8 Å². The standard InChI is InChI=1S/C15H16BrN3O3/c16-7-2-4-10-3-1-5-11-12(10)9-19(14(11)21)18-8-6-13(20)17-15(18)22/h1,3,5H,2,4,6-9H2,(H,17,20,22). The van der Waals surface area contributed by atoms with Crippen LogP contribution < -0.4 is 5.32 Å². The van der Waals surface area contributed by atoms with Crippen molar-refractivity contribution in [3.05, 3.63) is 34.9 Å². The lowest BCUT2D eigenvalue weighted by atomic mass is 10.00. The van der Waals surface area contributed by atoms with Crippen molar-refractivity contribution in [3.63, 3.8) is 0 Å². The number of benzene rings is 1. The Balaban J connectivity index is 1.84. The van der Waals surface area contributed by atoms with Crippen molar-refractivity contribution < 1.29 is 14.4 Å². The van der Waals surface area contributed by atoms with Crippen molar-refractivity contribution in [2.45, 2.75) is 25.8 Å². The molecule has 0 atom stereocenters. The molecule has 2 heterocycles. The maximum Gasteiger partial charge on any atom is 0.342 e. The molecule has 22 heavy (non-hydrogen) atoms. The Morgan fingerprint density at radius 1 is 1.18 bits per heavy atom. The maximum atomic E-state index is 12.6. The summed E-state index contributed by atoms with van der Waals surface area (Å²) in [4.78, 5) is 35.7. The van der Waals surface area contributed by atoms with Crippen molar-refractivity contribution in [3.8, 4) is 0 Å². The van der Waals surface area contributed by atoms with Crippen LogP contribution in [0.25, 0.3) is 0 Å². The van der Waals surface area contributed by atoms with Gasteiger partial charge < -0.3 is 0 Å². The number of nitrogens with one attached hydrogen (secondary N) is 1. The number of urea groups is 1. The lowest BCUT2D eigenvalue weighted by molar-refractivity contribution is -0.123. The third kappa shape index (κ3) is 2.61. The van der Waals surface area contributed by atoms with E-state index in [9.17, 15) is 14.4 Å². The van der Waals surface area contributed by atoms with Crippen LogP contribution in [-0.2, 0) is 17.8 Å². The Labute approximate surface area is 136 Å². The second-order valence-electron chi connectivity index (χ2n) is 5.33. The molecule has 3 rings (SSSR count).